The fourth-order valence-electron chi connectivity index (χ4n) is 1.87. The van der Waals surface area contributed by atoms with Gasteiger partial charge in [0.25, 0.3) is 0 Å². The maximum Gasteiger partial charge on any atom is 0.312 e. The Bertz CT molecular complexity index is 586. The number of carboxylic acids is 1. The molecule has 2 aromatic rings. The van der Waals surface area contributed by atoms with Crippen molar-refractivity contribution in [3.05, 3.63) is 42.5 Å². The van der Waals surface area contributed by atoms with Crippen molar-refractivity contribution in [2.75, 3.05) is 6.61 Å². The van der Waals surface area contributed by atoms with Crippen LogP contribution in [0.1, 0.15) is 20.3 Å². The van der Waals surface area contributed by atoms with Crippen LogP contribution in [-0.4, -0.2) is 17.7 Å². The van der Waals surface area contributed by atoms with E-state index in [2.05, 4.69) is 0 Å². The predicted molar refractivity (Wildman–Crippen MR) is 75.5 cm³/mol. The van der Waals surface area contributed by atoms with Gasteiger partial charge in [0.2, 0.25) is 0 Å². The Kier molecular flexibility index (Phi) is 3.74. The monoisotopic (exact) mass is 258 g/mol. The maximum atomic E-state index is 11.3. The number of aliphatic carboxylic acids is 1. The van der Waals surface area contributed by atoms with Crippen LogP contribution in [0, 0.1) is 5.41 Å². The van der Waals surface area contributed by atoms with Crippen molar-refractivity contribution in [1.82, 2.24) is 0 Å². The first-order valence-electron chi connectivity index (χ1n) is 6.41. The molecule has 2 aromatic carbocycles. The Balaban J connectivity index is 2.25. The van der Waals surface area contributed by atoms with Gasteiger partial charge in [-0.2, -0.15) is 0 Å². The largest absolute Gasteiger partial charge is 0.492 e. The molecule has 0 aliphatic carbocycles. The van der Waals surface area contributed by atoms with Crippen LogP contribution in [0.5, 0.6) is 5.75 Å². The Morgan fingerprint density at radius 3 is 2.58 bits per heavy atom. The summed E-state index contributed by atoms with van der Waals surface area (Å²) < 4.78 is 5.76. The highest BCUT2D eigenvalue weighted by atomic mass is 16.5. The van der Waals surface area contributed by atoms with E-state index < -0.39 is 11.4 Å². The third-order valence-electron chi connectivity index (χ3n) is 3.59. The van der Waals surface area contributed by atoms with Gasteiger partial charge in [-0.3, -0.25) is 4.79 Å². The fourth-order valence-corrected chi connectivity index (χ4v) is 1.87. The molecular formula is C16H18O3. The molecular weight excluding hydrogens is 240 g/mol. The van der Waals surface area contributed by atoms with E-state index in [1.807, 2.05) is 49.4 Å². The zero-order valence-electron chi connectivity index (χ0n) is 11.2. The van der Waals surface area contributed by atoms with Gasteiger partial charge < -0.3 is 9.84 Å². The number of hydrogen-bond acceptors (Lipinski definition) is 2. The van der Waals surface area contributed by atoms with Crippen LogP contribution in [0.25, 0.3) is 10.8 Å². The molecule has 0 radical (unpaired) electrons. The summed E-state index contributed by atoms with van der Waals surface area (Å²) in [6.07, 6.45) is 0.535. The summed E-state index contributed by atoms with van der Waals surface area (Å²) in [6.45, 7) is 3.74. The van der Waals surface area contributed by atoms with Crippen LogP contribution < -0.4 is 4.74 Å². The molecule has 3 nitrogen and oxygen atoms in total. The molecule has 0 fully saturated rings. The quantitative estimate of drug-likeness (QED) is 0.889. The standard InChI is InChI=1S/C16H18O3/c1-3-16(2,15(17)18)11-19-14-10-6-8-12-7-4-5-9-13(12)14/h4-10H,3,11H2,1-2H3,(H,17,18). The number of benzene rings is 2. The third kappa shape index (κ3) is 2.70. The van der Waals surface area contributed by atoms with Gasteiger partial charge in [-0.05, 0) is 24.8 Å². The normalized spacial score (nSPS) is 14.0. The summed E-state index contributed by atoms with van der Waals surface area (Å²) in [5, 5.41) is 11.3. The van der Waals surface area contributed by atoms with Gasteiger partial charge >= 0.3 is 5.97 Å². The van der Waals surface area contributed by atoms with Crippen molar-refractivity contribution in [2.45, 2.75) is 20.3 Å². The van der Waals surface area contributed by atoms with E-state index in [4.69, 9.17) is 4.74 Å². The lowest BCUT2D eigenvalue weighted by Crippen LogP contribution is -2.33. The first-order chi connectivity index (χ1) is 9.07. The molecule has 100 valence electrons. The number of carboxylic acid groups (broad SMARTS) is 1. The number of carbonyl (C=O) groups is 1. The zero-order valence-corrected chi connectivity index (χ0v) is 11.2. The van der Waals surface area contributed by atoms with Gasteiger partial charge in [-0.15, -0.1) is 0 Å². The first-order valence-corrected chi connectivity index (χ1v) is 6.41. The molecule has 0 heterocycles. The van der Waals surface area contributed by atoms with Crippen molar-refractivity contribution in [1.29, 1.82) is 0 Å². The molecule has 0 spiro atoms. The molecule has 1 unspecified atom stereocenters. The van der Waals surface area contributed by atoms with Gasteiger partial charge in [0.1, 0.15) is 12.4 Å². The van der Waals surface area contributed by atoms with E-state index >= 15 is 0 Å². The van der Waals surface area contributed by atoms with Crippen molar-refractivity contribution in [2.24, 2.45) is 5.41 Å². The van der Waals surface area contributed by atoms with Crippen LogP contribution in [0.2, 0.25) is 0 Å². The van der Waals surface area contributed by atoms with E-state index in [0.717, 1.165) is 16.5 Å². The molecule has 0 saturated carbocycles. The minimum absolute atomic E-state index is 0.173. The minimum atomic E-state index is -0.850. The average Bonchev–Trinajstić information content (AvgIpc) is 2.44. The Labute approximate surface area is 112 Å². The lowest BCUT2D eigenvalue weighted by Gasteiger charge is -2.23. The molecule has 0 aromatic heterocycles. The van der Waals surface area contributed by atoms with Crippen LogP contribution in [0.15, 0.2) is 42.5 Å². The second-order valence-corrected chi connectivity index (χ2v) is 4.99. The number of hydrogen-bond donors (Lipinski definition) is 1. The molecule has 0 saturated heterocycles. The van der Waals surface area contributed by atoms with E-state index in [1.165, 1.54) is 0 Å². The number of rotatable bonds is 5. The van der Waals surface area contributed by atoms with Gasteiger partial charge in [0.05, 0.1) is 5.41 Å². The lowest BCUT2D eigenvalue weighted by atomic mass is 9.89. The zero-order chi connectivity index (χ0) is 13.9. The molecule has 0 amide bonds. The predicted octanol–water partition coefficient (Wildman–Crippen LogP) is 3.72. The Hall–Kier alpha value is -2.03. The van der Waals surface area contributed by atoms with Crippen molar-refractivity contribution in [3.8, 4) is 5.75 Å². The SMILES string of the molecule is CCC(C)(COc1cccc2ccccc12)C(=O)O. The highest BCUT2D eigenvalue weighted by Crippen LogP contribution is 2.28. The van der Waals surface area contributed by atoms with Crippen LogP contribution in [-0.2, 0) is 4.79 Å². The Morgan fingerprint density at radius 2 is 1.89 bits per heavy atom. The molecule has 0 aliphatic heterocycles. The van der Waals surface area contributed by atoms with E-state index in [9.17, 15) is 9.90 Å². The Morgan fingerprint density at radius 1 is 1.21 bits per heavy atom. The molecule has 0 bridgehead atoms. The molecule has 0 aliphatic rings. The minimum Gasteiger partial charge on any atom is -0.492 e. The molecule has 19 heavy (non-hydrogen) atoms. The van der Waals surface area contributed by atoms with Crippen molar-refractivity contribution >= 4 is 16.7 Å². The van der Waals surface area contributed by atoms with Crippen LogP contribution in [0.3, 0.4) is 0 Å². The van der Waals surface area contributed by atoms with Gasteiger partial charge in [0.15, 0.2) is 0 Å². The van der Waals surface area contributed by atoms with E-state index in [1.54, 1.807) is 6.92 Å². The van der Waals surface area contributed by atoms with Gasteiger partial charge in [-0.25, -0.2) is 0 Å². The molecule has 3 heteroatoms. The smallest absolute Gasteiger partial charge is 0.312 e. The van der Waals surface area contributed by atoms with E-state index in [-0.39, 0.29) is 6.61 Å². The van der Waals surface area contributed by atoms with Crippen LogP contribution in [0.4, 0.5) is 0 Å². The topological polar surface area (TPSA) is 46.5 Å². The van der Waals surface area contributed by atoms with Crippen LogP contribution >= 0.6 is 0 Å². The second kappa shape index (κ2) is 5.31. The summed E-state index contributed by atoms with van der Waals surface area (Å²) in [5.74, 6) is -0.0886. The average molecular weight is 258 g/mol. The summed E-state index contributed by atoms with van der Waals surface area (Å²) in [5.41, 5.74) is -0.850. The molecule has 1 atom stereocenters. The summed E-state index contributed by atoms with van der Waals surface area (Å²) in [7, 11) is 0. The fraction of sp³-hybridized carbons (Fsp3) is 0.312. The molecule has 2 rings (SSSR count). The highest BCUT2D eigenvalue weighted by Gasteiger charge is 2.32. The molecule has 1 N–H and O–H groups in total. The summed E-state index contributed by atoms with van der Waals surface area (Å²) >= 11 is 0. The lowest BCUT2D eigenvalue weighted by molar-refractivity contribution is -0.149. The van der Waals surface area contributed by atoms with Crippen molar-refractivity contribution in [3.63, 3.8) is 0 Å². The third-order valence-corrected chi connectivity index (χ3v) is 3.59. The first kappa shape index (κ1) is 13.4. The number of ether oxygens (including phenoxy) is 1. The van der Waals surface area contributed by atoms with Gasteiger partial charge in [0, 0.05) is 5.39 Å². The van der Waals surface area contributed by atoms with Gasteiger partial charge in [-0.1, -0.05) is 43.3 Å². The number of fused-ring (bicyclic) bond motifs is 1. The maximum absolute atomic E-state index is 11.3. The van der Waals surface area contributed by atoms with E-state index in [0.29, 0.717) is 6.42 Å². The second-order valence-electron chi connectivity index (χ2n) is 4.99. The van der Waals surface area contributed by atoms with Crippen molar-refractivity contribution < 1.29 is 14.6 Å². The summed E-state index contributed by atoms with van der Waals surface area (Å²) in [6, 6.07) is 13.7. The highest BCUT2D eigenvalue weighted by molar-refractivity contribution is 5.88. The summed E-state index contributed by atoms with van der Waals surface area (Å²) in [4.78, 5) is 11.3.